The van der Waals surface area contributed by atoms with Crippen LogP contribution in [0, 0.1) is 11.8 Å². The van der Waals surface area contributed by atoms with Gasteiger partial charge in [0.25, 0.3) is 0 Å². The number of phosphoric ester groups is 1. The van der Waals surface area contributed by atoms with Crippen molar-refractivity contribution in [1.82, 2.24) is 10.6 Å². The van der Waals surface area contributed by atoms with Crippen molar-refractivity contribution < 1.29 is 38.6 Å². The van der Waals surface area contributed by atoms with Crippen molar-refractivity contribution in [2.45, 2.75) is 92.8 Å². The summed E-state index contributed by atoms with van der Waals surface area (Å²) in [6.07, 6.45) is 2.41. The van der Waals surface area contributed by atoms with Crippen LogP contribution in [0.15, 0.2) is 0 Å². The smallest absolute Gasteiger partial charge is 0.388 e. The summed E-state index contributed by atoms with van der Waals surface area (Å²) >= 11 is 7.42. The monoisotopic (exact) mass is 530 g/mol. The number of phosphoric acid groups is 1. The lowest BCUT2D eigenvalue weighted by atomic mass is 9.92. The number of thioether (sulfide) groups is 1. The quantitative estimate of drug-likeness (QED) is 0.187. The fourth-order valence-electron chi connectivity index (χ4n) is 4.74. The molecular formula is C20H36ClN2O8PS. The van der Waals surface area contributed by atoms with Crippen LogP contribution in [0.25, 0.3) is 0 Å². The first kappa shape index (κ1) is 27.6. The van der Waals surface area contributed by atoms with E-state index in [9.17, 15) is 19.6 Å². The Hall–Kier alpha value is 0.0600. The number of aliphatic hydroxyl groups is 2. The summed E-state index contributed by atoms with van der Waals surface area (Å²) in [5, 5.41) is 26.8. The highest BCUT2D eigenvalue weighted by Gasteiger charge is 2.51. The zero-order chi connectivity index (χ0) is 24.3. The van der Waals surface area contributed by atoms with Crippen molar-refractivity contribution in [2.24, 2.45) is 11.8 Å². The van der Waals surface area contributed by atoms with Gasteiger partial charge in [-0.15, -0.1) is 23.4 Å². The molecule has 0 radical (unpaired) electrons. The lowest BCUT2D eigenvalue weighted by Crippen LogP contribution is -2.65. The first-order valence-corrected chi connectivity index (χ1v) is 14.7. The molecule has 0 aromatic carbocycles. The number of carbonyl (C=O) groups excluding carboxylic acids is 1. The molecule has 1 amide bonds. The fourth-order valence-corrected chi connectivity index (χ4v) is 6.30. The zero-order valence-corrected chi connectivity index (χ0v) is 21.3. The summed E-state index contributed by atoms with van der Waals surface area (Å²) in [4.78, 5) is 31.4. The Kier molecular flexibility index (Phi) is 9.94. The average molecular weight is 531 g/mol. The Morgan fingerprint density at radius 2 is 1.85 bits per heavy atom. The molecule has 4 unspecified atom stereocenters. The van der Waals surface area contributed by atoms with Crippen molar-refractivity contribution in [2.75, 3.05) is 12.8 Å². The van der Waals surface area contributed by atoms with E-state index in [1.165, 1.54) is 19.3 Å². The van der Waals surface area contributed by atoms with Crippen LogP contribution < -0.4 is 10.6 Å². The molecule has 3 fully saturated rings. The molecule has 6 N–H and O–H groups in total. The van der Waals surface area contributed by atoms with Crippen molar-refractivity contribution in [3.8, 4) is 0 Å². The molecule has 0 bridgehead atoms. The molecule has 3 aliphatic rings. The van der Waals surface area contributed by atoms with Gasteiger partial charge < -0.3 is 35.4 Å². The Labute approximate surface area is 203 Å². The summed E-state index contributed by atoms with van der Waals surface area (Å²) < 4.78 is 21.8. The molecule has 33 heavy (non-hydrogen) atoms. The summed E-state index contributed by atoms with van der Waals surface area (Å²) in [5.74, 6) is 1.22. The molecule has 2 heterocycles. The number of aliphatic hydroxyl groups excluding tert-OH is 2. The van der Waals surface area contributed by atoms with E-state index in [1.54, 1.807) is 13.2 Å². The fraction of sp³-hybridized carbons (Fsp3) is 0.950. The summed E-state index contributed by atoms with van der Waals surface area (Å²) in [7, 11) is -4.94. The molecule has 0 spiro atoms. The standard InChI is InChI=1S/C20H36ClN2O8PS/c1-10(21)14(17-15(24)16(25)18(20(30-17)33-2)31-32(27,28)29)23-19(26)13-6-5-12(7-8-22-13)9-11-3-4-11/h10-18,20,22,24-25H,3-9H2,1-2H3,(H,23,26)(H2,27,28,29)/t10?,12?,13?,14?,15-,16+,17-,18-,20-/m1/s1. The maximum atomic E-state index is 13.1. The second-order valence-corrected chi connectivity index (χ2v) is 12.2. The van der Waals surface area contributed by atoms with E-state index in [1.807, 2.05) is 0 Å². The third kappa shape index (κ3) is 7.77. The van der Waals surface area contributed by atoms with E-state index in [4.69, 9.17) is 26.1 Å². The molecule has 192 valence electrons. The lowest BCUT2D eigenvalue weighted by molar-refractivity contribution is -0.201. The second-order valence-electron chi connectivity index (χ2n) is 9.38. The minimum absolute atomic E-state index is 0.251. The number of amides is 1. The molecule has 10 nitrogen and oxygen atoms in total. The van der Waals surface area contributed by atoms with Gasteiger partial charge in [0, 0.05) is 0 Å². The molecule has 9 atom stereocenters. The molecule has 0 aromatic heterocycles. The van der Waals surface area contributed by atoms with Crippen molar-refractivity contribution in [3.05, 3.63) is 0 Å². The number of ether oxygens (including phenoxy) is 1. The summed E-state index contributed by atoms with van der Waals surface area (Å²) in [6, 6.07) is -1.23. The van der Waals surface area contributed by atoms with Crippen LogP contribution in [0.4, 0.5) is 0 Å². The summed E-state index contributed by atoms with van der Waals surface area (Å²) in [6.45, 7) is 2.40. The highest BCUT2D eigenvalue weighted by Crippen LogP contribution is 2.43. The molecule has 2 saturated heterocycles. The van der Waals surface area contributed by atoms with E-state index >= 15 is 0 Å². The third-order valence-corrected chi connectivity index (χ3v) is 8.35. The normalized spacial score (nSPS) is 37.7. The van der Waals surface area contributed by atoms with Gasteiger partial charge in [0.15, 0.2) is 0 Å². The number of hydrogen-bond acceptors (Lipinski definition) is 8. The van der Waals surface area contributed by atoms with Crippen molar-refractivity contribution >= 4 is 37.1 Å². The van der Waals surface area contributed by atoms with Gasteiger partial charge in [0.1, 0.15) is 29.9 Å². The Morgan fingerprint density at radius 1 is 1.21 bits per heavy atom. The van der Waals surface area contributed by atoms with Gasteiger partial charge in [-0.25, -0.2) is 4.57 Å². The van der Waals surface area contributed by atoms with Crippen LogP contribution >= 0.6 is 31.2 Å². The molecule has 13 heteroatoms. The van der Waals surface area contributed by atoms with Gasteiger partial charge in [-0.2, -0.15) is 0 Å². The van der Waals surface area contributed by atoms with Crippen molar-refractivity contribution in [3.63, 3.8) is 0 Å². The number of carbonyl (C=O) groups is 1. The Morgan fingerprint density at radius 3 is 2.42 bits per heavy atom. The number of rotatable bonds is 9. The summed E-state index contributed by atoms with van der Waals surface area (Å²) in [5.41, 5.74) is -0.991. The van der Waals surface area contributed by atoms with E-state index in [2.05, 4.69) is 15.2 Å². The lowest BCUT2D eigenvalue weighted by Gasteiger charge is -2.45. The molecule has 1 aliphatic carbocycles. The van der Waals surface area contributed by atoms with Gasteiger partial charge in [-0.1, -0.05) is 12.8 Å². The minimum atomic E-state index is -4.94. The number of hydrogen-bond donors (Lipinski definition) is 6. The Balaban J connectivity index is 1.65. The Bertz CT molecular complexity index is 710. The van der Waals surface area contributed by atoms with Crippen LogP contribution in [-0.4, -0.2) is 86.0 Å². The first-order valence-electron chi connectivity index (χ1n) is 11.5. The van der Waals surface area contributed by atoms with E-state index in [-0.39, 0.29) is 11.9 Å². The van der Waals surface area contributed by atoms with Gasteiger partial charge in [0.2, 0.25) is 5.91 Å². The van der Waals surface area contributed by atoms with Gasteiger partial charge in [-0.05, 0) is 57.2 Å². The second kappa shape index (κ2) is 11.9. The van der Waals surface area contributed by atoms with Crippen LogP contribution in [0.1, 0.15) is 45.4 Å². The van der Waals surface area contributed by atoms with Gasteiger partial charge >= 0.3 is 7.82 Å². The highest BCUT2D eigenvalue weighted by atomic mass is 35.5. The van der Waals surface area contributed by atoms with Crippen LogP contribution in [-0.2, 0) is 18.6 Å². The maximum absolute atomic E-state index is 13.1. The molecule has 2 aliphatic heterocycles. The van der Waals surface area contributed by atoms with Crippen LogP contribution in [0.3, 0.4) is 0 Å². The predicted molar refractivity (Wildman–Crippen MR) is 125 cm³/mol. The topological polar surface area (TPSA) is 158 Å². The predicted octanol–water partition coefficient (Wildman–Crippen LogP) is 0.944. The van der Waals surface area contributed by atoms with Crippen LogP contribution in [0.2, 0.25) is 0 Å². The minimum Gasteiger partial charge on any atom is -0.388 e. The van der Waals surface area contributed by atoms with E-state index in [0.29, 0.717) is 12.3 Å². The van der Waals surface area contributed by atoms with E-state index in [0.717, 1.165) is 37.1 Å². The maximum Gasteiger partial charge on any atom is 0.470 e. The third-order valence-electron chi connectivity index (χ3n) is 6.72. The van der Waals surface area contributed by atoms with Crippen molar-refractivity contribution in [1.29, 1.82) is 0 Å². The van der Waals surface area contributed by atoms with Gasteiger partial charge in [-0.3, -0.25) is 9.32 Å². The SMILES string of the molecule is CS[C@H]1O[C@H](C(NC(=O)C2CCC(CC3CC3)CCN2)C(C)Cl)[C@H](O)[C@H](O)[C@H]1OP(=O)(O)O. The molecule has 1 saturated carbocycles. The highest BCUT2D eigenvalue weighted by molar-refractivity contribution is 7.99. The average Bonchev–Trinajstić information content (AvgIpc) is 3.57. The molecule has 3 rings (SSSR count). The number of nitrogens with one attached hydrogen (secondary N) is 2. The van der Waals surface area contributed by atoms with Gasteiger partial charge in [0.05, 0.1) is 17.5 Å². The first-order chi connectivity index (χ1) is 15.5. The number of alkyl halides is 1. The molecule has 0 aromatic rings. The van der Waals surface area contributed by atoms with E-state index < -0.39 is 49.1 Å². The largest absolute Gasteiger partial charge is 0.470 e. The van der Waals surface area contributed by atoms with Crippen LogP contribution in [0.5, 0.6) is 0 Å². The zero-order valence-electron chi connectivity index (χ0n) is 18.9. The number of halogens is 1. The molecular weight excluding hydrogens is 495 g/mol.